The van der Waals surface area contributed by atoms with Gasteiger partial charge in [-0.3, -0.25) is 0 Å². The fourth-order valence-corrected chi connectivity index (χ4v) is 2.07. The van der Waals surface area contributed by atoms with Gasteiger partial charge >= 0.3 is 0 Å². The molecular formula is C15H23N3. The summed E-state index contributed by atoms with van der Waals surface area (Å²) >= 11 is 0. The number of rotatable bonds is 3. The Morgan fingerprint density at radius 3 is 2.50 bits per heavy atom. The summed E-state index contributed by atoms with van der Waals surface area (Å²) in [6.07, 6.45) is 12.0. The molecule has 0 amide bonds. The molecule has 0 saturated heterocycles. The highest BCUT2D eigenvalue weighted by Gasteiger charge is 2.16. The van der Waals surface area contributed by atoms with Crippen molar-refractivity contribution >= 4 is 0 Å². The van der Waals surface area contributed by atoms with E-state index in [4.69, 9.17) is 0 Å². The van der Waals surface area contributed by atoms with Crippen molar-refractivity contribution in [3.05, 3.63) is 35.9 Å². The molecule has 0 fully saturated rings. The maximum Gasteiger partial charge on any atom is 0.133 e. The average molecular weight is 245 g/mol. The molecule has 0 radical (unpaired) electrons. The molecule has 0 spiro atoms. The zero-order valence-corrected chi connectivity index (χ0v) is 11.6. The number of allylic oxidation sites excluding steroid dienone is 1. The Kier molecular flexibility index (Phi) is 4.12. The minimum atomic E-state index is 0.0279. The summed E-state index contributed by atoms with van der Waals surface area (Å²) in [5.41, 5.74) is 1.19. The second-order valence-corrected chi connectivity index (χ2v) is 6.03. The van der Waals surface area contributed by atoms with E-state index in [0.29, 0.717) is 6.04 Å². The smallest absolute Gasteiger partial charge is 0.133 e. The lowest BCUT2D eigenvalue weighted by molar-refractivity contribution is 0.472. The summed E-state index contributed by atoms with van der Waals surface area (Å²) in [4.78, 5) is 8.90. The lowest BCUT2D eigenvalue weighted by Crippen LogP contribution is -2.29. The minimum absolute atomic E-state index is 0.0279. The fraction of sp³-hybridized carbons (Fsp3) is 0.600. The standard InChI is InChI=1S/C15H23N3/c1-15(2,3)14-17-10-12(11-18-14)9-16-13-7-5-4-6-8-13/h4-5,10-11,13,16H,6-9H2,1-3H3. The molecule has 1 atom stereocenters. The molecule has 0 aromatic carbocycles. The van der Waals surface area contributed by atoms with Crippen LogP contribution in [0.25, 0.3) is 0 Å². The lowest BCUT2D eigenvalue weighted by atomic mass is 9.96. The van der Waals surface area contributed by atoms with Crippen LogP contribution in [-0.2, 0) is 12.0 Å². The zero-order chi connectivity index (χ0) is 13.0. The summed E-state index contributed by atoms with van der Waals surface area (Å²) in [6, 6.07) is 0.609. The van der Waals surface area contributed by atoms with Crippen LogP contribution in [0.1, 0.15) is 51.4 Å². The Bertz CT molecular complexity index is 401. The quantitative estimate of drug-likeness (QED) is 0.832. The highest BCUT2D eigenvalue weighted by Crippen LogP contribution is 2.17. The van der Waals surface area contributed by atoms with Crippen molar-refractivity contribution in [2.24, 2.45) is 0 Å². The van der Waals surface area contributed by atoms with E-state index in [9.17, 15) is 0 Å². The van der Waals surface area contributed by atoms with Gasteiger partial charge in [-0.25, -0.2) is 9.97 Å². The van der Waals surface area contributed by atoms with Gasteiger partial charge in [0.05, 0.1) is 0 Å². The molecule has 0 aliphatic heterocycles. The molecule has 1 unspecified atom stereocenters. The predicted molar refractivity (Wildman–Crippen MR) is 74.4 cm³/mol. The summed E-state index contributed by atoms with van der Waals surface area (Å²) < 4.78 is 0. The van der Waals surface area contributed by atoms with Crippen molar-refractivity contribution < 1.29 is 0 Å². The van der Waals surface area contributed by atoms with Gasteiger partial charge in [0.1, 0.15) is 5.82 Å². The Morgan fingerprint density at radius 1 is 1.22 bits per heavy atom. The van der Waals surface area contributed by atoms with Crippen molar-refractivity contribution in [1.82, 2.24) is 15.3 Å². The molecular weight excluding hydrogens is 222 g/mol. The van der Waals surface area contributed by atoms with E-state index in [1.165, 1.54) is 12.8 Å². The molecule has 1 heterocycles. The summed E-state index contributed by atoms with van der Waals surface area (Å²) in [5.74, 6) is 0.909. The monoisotopic (exact) mass is 245 g/mol. The number of nitrogens with zero attached hydrogens (tertiary/aromatic N) is 2. The Balaban J connectivity index is 1.88. The molecule has 1 aromatic heterocycles. The molecule has 0 bridgehead atoms. The van der Waals surface area contributed by atoms with Crippen LogP contribution in [0.5, 0.6) is 0 Å². The van der Waals surface area contributed by atoms with Crippen LogP contribution in [0.15, 0.2) is 24.5 Å². The molecule has 18 heavy (non-hydrogen) atoms. The maximum atomic E-state index is 4.45. The van der Waals surface area contributed by atoms with Crippen LogP contribution in [0.4, 0.5) is 0 Å². The molecule has 1 aromatic rings. The fourth-order valence-electron chi connectivity index (χ4n) is 2.07. The van der Waals surface area contributed by atoms with Gasteiger partial charge < -0.3 is 5.32 Å². The Hall–Kier alpha value is -1.22. The third kappa shape index (κ3) is 3.64. The van der Waals surface area contributed by atoms with Gasteiger partial charge in [0.2, 0.25) is 0 Å². The van der Waals surface area contributed by atoms with Crippen molar-refractivity contribution in [2.45, 2.75) is 58.0 Å². The van der Waals surface area contributed by atoms with Gasteiger partial charge in [0.25, 0.3) is 0 Å². The first-order valence-electron chi connectivity index (χ1n) is 6.75. The van der Waals surface area contributed by atoms with E-state index in [0.717, 1.165) is 24.4 Å². The van der Waals surface area contributed by atoms with Crippen LogP contribution in [0.3, 0.4) is 0 Å². The van der Waals surface area contributed by atoms with Crippen LogP contribution >= 0.6 is 0 Å². The molecule has 0 saturated carbocycles. The van der Waals surface area contributed by atoms with Gasteiger partial charge in [0, 0.05) is 36.0 Å². The van der Waals surface area contributed by atoms with Crippen molar-refractivity contribution in [1.29, 1.82) is 0 Å². The minimum Gasteiger partial charge on any atom is -0.309 e. The van der Waals surface area contributed by atoms with Crippen LogP contribution in [-0.4, -0.2) is 16.0 Å². The van der Waals surface area contributed by atoms with Crippen molar-refractivity contribution in [3.63, 3.8) is 0 Å². The van der Waals surface area contributed by atoms with Crippen LogP contribution in [0.2, 0.25) is 0 Å². The summed E-state index contributed by atoms with van der Waals surface area (Å²) in [7, 11) is 0. The van der Waals surface area contributed by atoms with Gasteiger partial charge in [-0.2, -0.15) is 0 Å². The summed E-state index contributed by atoms with van der Waals surface area (Å²) in [6.45, 7) is 7.26. The molecule has 1 aliphatic carbocycles. The first-order chi connectivity index (χ1) is 8.55. The largest absolute Gasteiger partial charge is 0.309 e. The van der Waals surface area contributed by atoms with Gasteiger partial charge in [-0.05, 0) is 19.3 Å². The predicted octanol–water partition coefficient (Wildman–Crippen LogP) is 2.97. The molecule has 98 valence electrons. The first kappa shape index (κ1) is 13.2. The van der Waals surface area contributed by atoms with E-state index in [2.05, 4.69) is 48.2 Å². The topological polar surface area (TPSA) is 37.8 Å². The zero-order valence-electron chi connectivity index (χ0n) is 11.6. The molecule has 1 aliphatic rings. The second-order valence-electron chi connectivity index (χ2n) is 6.03. The van der Waals surface area contributed by atoms with Crippen LogP contribution in [0, 0.1) is 0 Å². The number of hydrogen-bond acceptors (Lipinski definition) is 3. The second kappa shape index (κ2) is 5.61. The summed E-state index contributed by atoms with van der Waals surface area (Å²) in [5, 5.41) is 3.56. The number of nitrogens with one attached hydrogen (secondary N) is 1. The third-order valence-corrected chi connectivity index (χ3v) is 3.24. The van der Waals surface area contributed by atoms with Crippen molar-refractivity contribution in [3.8, 4) is 0 Å². The van der Waals surface area contributed by atoms with Crippen molar-refractivity contribution in [2.75, 3.05) is 0 Å². The molecule has 3 nitrogen and oxygen atoms in total. The highest BCUT2D eigenvalue weighted by atomic mass is 14.9. The van der Waals surface area contributed by atoms with E-state index < -0.39 is 0 Å². The van der Waals surface area contributed by atoms with Gasteiger partial charge in [-0.1, -0.05) is 32.9 Å². The average Bonchev–Trinajstić information content (AvgIpc) is 2.37. The van der Waals surface area contributed by atoms with Gasteiger partial charge in [0.15, 0.2) is 0 Å². The van der Waals surface area contributed by atoms with E-state index in [1.54, 1.807) is 0 Å². The Labute approximate surface area is 110 Å². The number of aromatic nitrogens is 2. The molecule has 2 rings (SSSR count). The van der Waals surface area contributed by atoms with E-state index >= 15 is 0 Å². The Morgan fingerprint density at radius 2 is 1.94 bits per heavy atom. The van der Waals surface area contributed by atoms with E-state index in [-0.39, 0.29) is 5.41 Å². The van der Waals surface area contributed by atoms with E-state index in [1.807, 2.05) is 12.4 Å². The van der Waals surface area contributed by atoms with Crippen LogP contribution < -0.4 is 5.32 Å². The SMILES string of the molecule is CC(C)(C)c1ncc(CNC2CC=CCC2)cn1. The maximum absolute atomic E-state index is 4.45. The first-order valence-corrected chi connectivity index (χ1v) is 6.75. The molecule has 1 N–H and O–H groups in total. The normalized spacial score (nSPS) is 20.1. The number of hydrogen-bond donors (Lipinski definition) is 1. The highest BCUT2D eigenvalue weighted by molar-refractivity contribution is 5.09. The molecule has 3 heteroatoms. The van der Waals surface area contributed by atoms with Gasteiger partial charge in [-0.15, -0.1) is 0 Å². The third-order valence-electron chi connectivity index (χ3n) is 3.24. The lowest BCUT2D eigenvalue weighted by Gasteiger charge is -2.20.